The molecule has 1 atom stereocenters. The molecule has 22 heavy (non-hydrogen) atoms. The van der Waals surface area contributed by atoms with Crippen LogP contribution in [0.5, 0.6) is 11.5 Å². The third-order valence-corrected chi connectivity index (χ3v) is 3.88. The molecule has 1 aromatic rings. The van der Waals surface area contributed by atoms with Crippen LogP contribution in [0.3, 0.4) is 0 Å². The van der Waals surface area contributed by atoms with Crippen molar-refractivity contribution < 1.29 is 24.2 Å². The third kappa shape index (κ3) is 4.00. The van der Waals surface area contributed by atoms with Crippen LogP contribution in [0.1, 0.15) is 54.9 Å². The van der Waals surface area contributed by atoms with E-state index in [0.717, 1.165) is 12.8 Å². The molecule has 0 aliphatic carbocycles. The predicted octanol–water partition coefficient (Wildman–Crippen LogP) is 3.02. The third-order valence-electron chi connectivity index (χ3n) is 3.88. The normalized spacial score (nSPS) is 20.4. The van der Waals surface area contributed by atoms with Crippen molar-refractivity contribution in [2.75, 3.05) is 7.11 Å². The number of rotatable bonds is 1. The summed E-state index contributed by atoms with van der Waals surface area (Å²) in [6.07, 6.45) is 3.33. The van der Waals surface area contributed by atoms with Crippen molar-refractivity contribution in [3.63, 3.8) is 0 Å². The number of phenolic OH excluding ortho intramolecular Hbond substituents is 1. The van der Waals surface area contributed by atoms with Crippen LogP contribution in [-0.2, 0) is 16.0 Å². The number of ketones is 1. The Bertz CT molecular complexity index is 564. The van der Waals surface area contributed by atoms with E-state index in [9.17, 15) is 14.7 Å². The number of aryl methyl sites for hydroxylation is 1. The number of phenols is 1. The Morgan fingerprint density at radius 2 is 1.91 bits per heavy atom. The first-order valence-electron chi connectivity index (χ1n) is 7.64. The quantitative estimate of drug-likeness (QED) is 0.807. The predicted molar refractivity (Wildman–Crippen MR) is 81.3 cm³/mol. The summed E-state index contributed by atoms with van der Waals surface area (Å²) in [5, 5.41) is 9.78. The van der Waals surface area contributed by atoms with Crippen molar-refractivity contribution in [2.24, 2.45) is 0 Å². The minimum Gasteiger partial charge on any atom is -0.508 e. The molecule has 1 aliphatic rings. The van der Waals surface area contributed by atoms with E-state index in [-0.39, 0.29) is 17.6 Å². The van der Waals surface area contributed by atoms with Crippen LogP contribution < -0.4 is 4.74 Å². The smallest absolute Gasteiger partial charge is 0.342 e. The standard InChI is InChI=1S/C17H22O5/c1-11-7-8-13(18)6-4-3-5-12-9-14(19)10-15(21-2)16(12)17(20)22-11/h9-11,19H,3-8H2,1-2H3. The van der Waals surface area contributed by atoms with Crippen molar-refractivity contribution in [1.29, 1.82) is 0 Å². The second-order valence-electron chi connectivity index (χ2n) is 5.68. The molecular weight excluding hydrogens is 284 g/mol. The molecule has 1 aromatic carbocycles. The second-order valence-corrected chi connectivity index (χ2v) is 5.68. The lowest BCUT2D eigenvalue weighted by molar-refractivity contribution is -0.119. The minimum absolute atomic E-state index is 0.0552. The van der Waals surface area contributed by atoms with Crippen molar-refractivity contribution in [2.45, 2.75) is 51.6 Å². The summed E-state index contributed by atoms with van der Waals surface area (Å²) in [6, 6.07) is 2.98. The summed E-state index contributed by atoms with van der Waals surface area (Å²) in [5.41, 5.74) is 1.07. The van der Waals surface area contributed by atoms with Gasteiger partial charge in [0, 0.05) is 18.9 Å². The van der Waals surface area contributed by atoms with Crippen LogP contribution in [0, 0.1) is 0 Å². The molecule has 120 valence electrons. The van der Waals surface area contributed by atoms with Crippen LogP contribution in [0.4, 0.5) is 0 Å². The Labute approximate surface area is 130 Å². The van der Waals surface area contributed by atoms with Gasteiger partial charge in [-0.3, -0.25) is 4.79 Å². The maximum Gasteiger partial charge on any atom is 0.342 e. The number of carbonyl (C=O) groups is 2. The fourth-order valence-electron chi connectivity index (χ4n) is 2.67. The Morgan fingerprint density at radius 3 is 2.64 bits per heavy atom. The topological polar surface area (TPSA) is 72.8 Å². The van der Waals surface area contributed by atoms with Gasteiger partial charge in [0.15, 0.2) is 0 Å². The maximum atomic E-state index is 12.4. The second kappa shape index (κ2) is 7.29. The van der Waals surface area contributed by atoms with Gasteiger partial charge in [0.25, 0.3) is 0 Å². The van der Waals surface area contributed by atoms with Crippen LogP contribution in [0.15, 0.2) is 12.1 Å². The van der Waals surface area contributed by atoms with Crippen LogP contribution in [0.2, 0.25) is 0 Å². The summed E-state index contributed by atoms with van der Waals surface area (Å²) in [4.78, 5) is 24.2. The Hall–Kier alpha value is -2.04. The average molecular weight is 306 g/mol. The van der Waals surface area contributed by atoms with E-state index in [2.05, 4.69) is 0 Å². The molecule has 0 bridgehead atoms. The van der Waals surface area contributed by atoms with Crippen molar-refractivity contribution in [3.8, 4) is 11.5 Å². The number of aromatic hydroxyl groups is 1. The van der Waals surface area contributed by atoms with Gasteiger partial charge in [0.1, 0.15) is 22.8 Å². The molecule has 1 aliphatic heterocycles. The molecule has 5 nitrogen and oxygen atoms in total. The van der Waals surface area contributed by atoms with Gasteiger partial charge >= 0.3 is 5.97 Å². The molecule has 0 spiro atoms. The lowest BCUT2D eigenvalue weighted by Crippen LogP contribution is -2.19. The first-order chi connectivity index (χ1) is 10.5. The summed E-state index contributed by atoms with van der Waals surface area (Å²) >= 11 is 0. The van der Waals surface area contributed by atoms with E-state index in [1.165, 1.54) is 13.2 Å². The molecule has 0 aromatic heterocycles. The van der Waals surface area contributed by atoms with Gasteiger partial charge in [-0.15, -0.1) is 0 Å². The Morgan fingerprint density at radius 1 is 1.18 bits per heavy atom. The first-order valence-corrected chi connectivity index (χ1v) is 7.64. The van der Waals surface area contributed by atoms with Gasteiger partial charge < -0.3 is 14.6 Å². The number of esters is 1. The zero-order valence-electron chi connectivity index (χ0n) is 13.1. The minimum atomic E-state index is -0.465. The van der Waals surface area contributed by atoms with E-state index >= 15 is 0 Å². The molecule has 0 radical (unpaired) electrons. The van der Waals surface area contributed by atoms with E-state index in [4.69, 9.17) is 9.47 Å². The lowest BCUT2D eigenvalue weighted by Gasteiger charge is -2.18. The van der Waals surface area contributed by atoms with E-state index in [0.29, 0.717) is 42.6 Å². The summed E-state index contributed by atoms with van der Waals surface area (Å²) in [7, 11) is 1.46. The monoisotopic (exact) mass is 306 g/mol. The van der Waals surface area contributed by atoms with Gasteiger partial charge in [0.2, 0.25) is 0 Å². The number of methoxy groups -OCH3 is 1. The highest BCUT2D eigenvalue weighted by Crippen LogP contribution is 2.31. The number of hydrogen-bond donors (Lipinski definition) is 1. The van der Waals surface area contributed by atoms with Crippen LogP contribution in [-0.4, -0.2) is 30.1 Å². The van der Waals surface area contributed by atoms with Crippen LogP contribution in [0.25, 0.3) is 0 Å². The molecular formula is C17H22O5. The number of benzene rings is 1. The summed E-state index contributed by atoms with van der Waals surface area (Å²) in [5.74, 6) is 0.115. The largest absolute Gasteiger partial charge is 0.508 e. The van der Waals surface area contributed by atoms with Crippen molar-refractivity contribution in [1.82, 2.24) is 0 Å². The number of cyclic esters (lactones) is 1. The number of Topliss-reactive ketones (excluding diaryl/α,β-unsaturated/α-hetero) is 1. The molecule has 2 rings (SSSR count). The zero-order valence-corrected chi connectivity index (χ0v) is 13.1. The van der Waals surface area contributed by atoms with Gasteiger partial charge in [-0.2, -0.15) is 0 Å². The summed E-state index contributed by atoms with van der Waals surface area (Å²) in [6.45, 7) is 1.78. The van der Waals surface area contributed by atoms with Crippen LogP contribution >= 0.6 is 0 Å². The maximum absolute atomic E-state index is 12.4. The lowest BCUT2D eigenvalue weighted by atomic mass is 9.98. The Kier molecular flexibility index (Phi) is 5.41. The first kappa shape index (κ1) is 16.3. The number of ether oxygens (including phenoxy) is 2. The van der Waals surface area contributed by atoms with E-state index in [1.807, 2.05) is 0 Å². The molecule has 5 heteroatoms. The van der Waals surface area contributed by atoms with Gasteiger partial charge in [-0.1, -0.05) is 0 Å². The molecule has 1 N–H and O–H groups in total. The van der Waals surface area contributed by atoms with Gasteiger partial charge in [-0.05, 0) is 44.2 Å². The fourth-order valence-corrected chi connectivity index (χ4v) is 2.67. The average Bonchev–Trinajstić information content (AvgIpc) is 2.47. The van der Waals surface area contributed by atoms with Gasteiger partial charge in [0.05, 0.1) is 13.2 Å². The summed E-state index contributed by atoms with van der Waals surface area (Å²) < 4.78 is 10.7. The van der Waals surface area contributed by atoms with E-state index in [1.54, 1.807) is 13.0 Å². The molecule has 0 saturated carbocycles. The molecule has 0 amide bonds. The zero-order chi connectivity index (χ0) is 16.1. The van der Waals surface area contributed by atoms with Crippen molar-refractivity contribution in [3.05, 3.63) is 23.3 Å². The number of hydrogen-bond acceptors (Lipinski definition) is 5. The molecule has 1 heterocycles. The Balaban J connectivity index is 2.36. The molecule has 0 saturated heterocycles. The van der Waals surface area contributed by atoms with Gasteiger partial charge in [-0.25, -0.2) is 4.79 Å². The number of fused-ring (bicyclic) bond motifs is 1. The number of carbonyl (C=O) groups excluding carboxylic acids is 2. The van der Waals surface area contributed by atoms with Crippen molar-refractivity contribution >= 4 is 11.8 Å². The fraction of sp³-hybridized carbons (Fsp3) is 0.529. The SMILES string of the molecule is COc1cc(O)cc2c1C(=O)OC(C)CCC(=O)CCCC2. The molecule has 0 fully saturated rings. The highest BCUT2D eigenvalue weighted by atomic mass is 16.5. The highest BCUT2D eigenvalue weighted by Gasteiger charge is 2.23. The molecule has 1 unspecified atom stereocenters. The highest BCUT2D eigenvalue weighted by molar-refractivity contribution is 5.94. The van der Waals surface area contributed by atoms with E-state index < -0.39 is 5.97 Å².